The zero-order valence-electron chi connectivity index (χ0n) is 18.2. The van der Waals surface area contributed by atoms with Gasteiger partial charge in [-0.3, -0.25) is 4.79 Å². The van der Waals surface area contributed by atoms with E-state index >= 15 is 0 Å². The molecular weight excluding hydrogens is 366 g/mol. The molecule has 1 aromatic rings. The van der Waals surface area contributed by atoms with Gasteiger partial charge < -0.3 is 20.7 Å². The Hall–Kier alpha value is -2.08. The maximum atomic E-state index is 12.5. The van der Waals surface area contributed by atoms with Gasteiger partial charge in [0.05, 0.1) is 0 Å². The van der Waals surface area contributed by atoms with Gasteiger partial charge in [0.1, 0.15) is 5.60 Å². The molecule has 6 heteroatoms. The van der Waals surface area contributed by atoms with Crippen LogP contribution in [0.25, 0.3) is 0 Å². The van der Waals surface area contributed by atoms with Crippen LogP contribution in [0.4, 0.5) is 4.79 Å². The number of nitrogens with two attached hydrogens (primary N) is 1. The highest BCUT2D eigenvalue weighted by Crippen LogP contribution is 2.34. The Morgan fingerprint density at radius 1 is 1.14 bits per heavy atom. The number of carbonyl (C=O) groups is 2. The van der Waals surface area contributed by atoms with E-state index in [-0.39, 0.29) is 11.3 Å². The van der Waals surface area contributed by atoms with E-state index in [0.29, 0.717) is 19.5 Å². The molecule has 2 rings (SSSR count). The van der Waals surface area contributed by atoms with Crippen LogP contribution in [-0.4, -0.2) is 48.7 Å². The van der Waals surface area contributed by atoms with Crippen molar-refractivity contribution in [2.24, 2.45) is 11.1 Å². The van der Waals surface area contributed by atoms with Gasteiger partial charge in [-0.1, -0.05) is 30.3 Å². The molecule has 0 bridgehead atoms. The predicted molar refractivity (Wildman–Crippen MR) is 116 cm³/mol. The summed E-state index contributed by atoms with van der Waals surface area (Å²) < 4.78 is 5.20. The summed E-state index contributed by atoms with van der Waals surface area (Å²) in [4.78, 5) is 26.1. The van der Waals surface area contributed by atoms with Crippen molar-refractivity contribution in [2.75, 3.05) is 26.2 Å². The van der Waals surface area contributed by atoms with Crippen LogP contribution in [0.15, 0.2) is 30.3 Å². The monoisotopic (exact) mass is 403 g/mol. The van der Waals surface area contributed by atoms with Crippen molar-refractivity contribution in [2.45, 2.75) is 64.9 Å². The highest BCUT2D eigenvalue weighted by molar-refractivity contribution is 5.76. The number of benzene rings is 1. The molecule has 2 amide bonds. The number of hydrogen-bond donors (Lipinski definition) is 2. The second-order valence-electron chi connectivity index (χ2n) is 9.13. The Bertz CT molecular complexity index is 647. The third kappa shape index (κ3) is 8.05. The molecule has 0 saturated carbocycles. The molecule has 0 radical (unpaired) electrons. The largest absolute Gasteiger partial charge is 0.444 e. The average Bonchev–Trinajstić information content (AvgIpc) is 2.67. The quantitative estimate of drug-likeness (QED) is 0.651. The number of likely N-dealkylation sites (tertiary alicyclic amines) is 1. The molecule has 0 atom stereocenters. The fourth-order valence-corrected chi connectivity index (χ4v) is 3.78. The van der Waals surface area contributed by atoms with E-state index in [0.717, 1.165) is 45.2 Å². The number of carbonyl (C=O) groups excluding carboxylic acids is 2. The third-order valence-electron chi connectivity index (χ3n) is 5.52. The van der Waals surface area contributed by atoms with Crippen LogP contribution in [0, 0.1) is 5.41 Å². The van der Waals surface area contributed by atoms with Gasteiger partial charge in [-0.05, 0) is 70.4 Å². The lowest BCUT2D eigenvalue weighted by Crippen LogP contribution is -2.47. The lowest BCUT2D eigenvalue weighted by atomic mass is 9.74. The molecule has 1 fully saturated rings. The first-order valence-electron chi connectivity index (χ1n) is 10.7. The number of piperidine rings is 1. The van der Waals surface area contributed by atoms with Gasteiger partial charge in [-0.25, -0.2) is 4.79 Å². The lowest BCUT2D eigenvalue weighted by Gasteiger charge is -2.41. The van der Waals surface area contributed by atoms with Crippen molar-refractivity contribution >= 4 is 12.0 Å². The van der Waals surface area contributed by atoms with E-state index in [4.69, 9.17) is 10.5 Å². The summed E-state index contributed by atoms with van der Waals surface area (Å²) in [6, 6.07) is 10.5. The number of rotatable bonds is 8. The van der Waals surface area contributed by atoms with Gasteiger partial charge in [0.15, 0.2) is 0 Å². The summed E-state index contributed by atoms with van der Waals surface area (Å²) in [5.41, 5.74) is 7.05. The zero-order chi connectivity index (χ0) is 21.3. The van der Waals surface area contributed by atoms with Crippen molar-refractivity contribution < 1.29 is 14.3 Å². The molecule has 162 valence electrons. The van der Waals surface area contributed by atoms with Crippen LogP contribution in [0.3, 0.4) is 0 Å². The van der Waals surface area contributed by atoms with Crippen molar-refractivity contribution in [3.63, 3.8) is 0 Å². The Morgan fingerprint density at radius 3 is 2.38 bits per heavy atom. The van der Waals surface area contributed by atoms with E-state index in [2.05, 4.69) is 29.6 Å². The molecule has 0 unspecified atom stereocenters. The molecule has 1 aliphatic rings. The maximum absolute atomic E-state index is 12.5. The van der Waals surface area contributed by atoms with Crippen LogP contribution in [0.1, 0.15) is 58.4 Å². The number of ether oxygens (including phenoxy) is 1. The van der Waals surface area contributed by atoms with Crippen molar-refractivity contribution in [1.29, 1.82) is 0 Å². The SMILES string of the molecule is CC(C)(C)OC(=O)NCCCCC(=O)N1CCC(CN)(Cc2ccccc2)CC1. The normalized spacial score (nSPS) is 16.3. The van der Waals surface area contributed by atoms with Crippen LogP contribution >= 0.6 is 0 Å². The number of alkyl carbamates (subject to hydrolysis) is 1. The molecule has 29 heavy (non-hydrogen) atoms. The number of amides is 2. The molecule has 3 N–H and O–H groups in total. The van der Waals surface area contributed by atoms with Crippen molar-refractivity contribution in [1.82, 2.24) is 10.2 Å². The molecule has 1 saturated heterocycles. The molecule has 0 spiro atoms. The van der Waals surface area contributed by atoms with E-state index < -0.39 is 11.7 Å². The second kappa shape index (κ2) is 10.6. The summed E-state index contributed by atoms with van der Waals surface area (Å²) in [6.07, 6.45) is 4.51. The Labute approximate surface area is 175 Å². The summed E-state index contributed by atoms with van der Waals surface area (Å²) in [5, 5.41) is 2.73. The van der Waals surface area contributed by atoms with Gasteiger partial charge in [0.2, 0.25) is 5.91 Å². The average molecular weight is 404 g/mol. The number of hydrogen-bond acceptors (Lipinski definition) is 4. The standard InChI is InChI=1S/C23H37N3O3/c1-22(2,3)29-21(28)25-14-8-7-11-20(27)26-15-12-23(18-24,13-16-26)17-19-9-5-4-6-10-19/h4-6,9-10H,7-8,11-18,24H2,1-3H3,(H,25,28). The fourth-order valence-electron chi connectivity index (χ4n) is 3.78. The predicted octanol–water partition coefficient (Wildman–Crippen LogP) is 3.49. The van der Waals surface area contributed by atoms with Gasteiger partial charge in [-0.2, -0.15) is 0 Å². The summed E-state index contributed by atoms with van der Waals surface area (Å²) in [5.74, 6) is 0.201. The Morgan fingerprint density at radius 2 is 1.79 bits per heavy atom. The lowest BCUT2D eigenvalue weighted by molar-refractivity contribution is -0.133. The Balaban J connectivity index is 1.67. The molecule has 1 heterocycles. The van der Waals surface area contributed by atoms with E-state index in [9.17, 15) is 9.59 Å². The fraction of sp³-hybridized carbons (Fsp3) is 0.652. The molecular formula is C23H37N3O3. The van der Waals surface area contributed by atoms with Crippen molar-refractivity contribution in [3.05, 3.63) is 35.9 Å². The minimum absolute atomic E-state index is 0.0927. The molecule has 6 nitrogen and oxygen atoms in total. The van der Waals surface area contributed by atoms with E-state index in [1.54, 1.807) is 0 Å². The Kier molecular flexibility index (Phi) is 8.50. The van der Waals surface area contributed by atoms with Crippen LogP contribution in [-0.2, 0) is 16.0 Å². The zero-order valence-corrected chi connectivity index (χ0v) is 18.2. The van der Waals surface area contributed by atoms with Crippen LogP contribution in [0.5, 0.6) is 0 Å². The van der Waals surface area contributed by atoms with Gasteiger partial charge in [-0.15, -0.1) is 0 Å². The summed E-state index contributed by atoms with van der Waals surface area (Å²) in [7, 11) is 0. The van der Waals surface area contributed by atoms with Crippen molar-refractivity contribution in [3.8, 4) is 0 Å². The highest BCUT2D eigenvalue weighted by atomic mass is 16.6. The van der Waals surface area contributed by atoms with Crippen LogP contribution < -0.4 is 11.1 Å². The topological polar surface area (TPSA) is 84.7 Å². The molecule has 1 aromatic carbocycles. The van der Waals surface area contributed by atoms with E-state index in [1.165, 1.54) is 5.56 Å². The molecule has 0 aliphatic carbocycles. The first-order chi connectivity index (χ1) is 13.7. The number of nitrogens with zero attached hydrogens (tertiary/aromatic N) is 1. The first-order valence-corrected chi connectivity index (χ1v) is 10.7. The minimum atomic E-state index is -0.492. The van der Waals surface area contributed by atoms with Gasteiger partial charge in [0, 0.05) is 26.1 Å². The minimum Gasteiger partial charge on any atom is -0.444 e. The molecule has 1 aliphatic heterocycles. The van der Waals surface area contributed by atoms with E-state index in [1.807, 2.05) is 31.7 Å². The summed E-state index contributed by atoms with van der Waals surface area (Å²) in [6.45, 7) is 8.24. The number of unbranched alkanes of at least 4 members (excludes halogenated alkanes) is 1. The summed E-state index contributed by atoms with van der Waals surface area (Å²) >= 11 is 0. The maximum Gasteiger partial charge on any atom is 0.407 e. The van der Waals surface area contributed by atoms with Crippen LogP contribution in [0.2, 0.25) is 0 Å². The highest BCUT2D eigenvalue weighted by Gasteiger charge is 2.34. The second-order valence-corrected chi connectivity index (χ2v) is 9.13. The smallest absolute Gasteiger partial charge is 0.407 e. The van der Waals surface area contributed by atoms with Gasteiger partial charge >= 0.3 is 6.09 Å². The first kappa shape index (κ1) is 23.2. The molecule has 0 aromatic heterocycles. The van der Waals surface area contributed by atoms with Gasteiger partial charge in [0.25, 0.3) is 0 Å². The number of nitrogens with one attached hydrogen (secondary N) is 1. The third-order valence-corrected chi connectivity index (χ3v) is 5.52.